The van der Waals surface area contributed by atoms with Gasteiger partial charge in [0.05, 0.1) is 0 Å². The molecule has 0 saturated heterocycles. The Morgan fingerprint density at radius 1 is 1.09 bits per heavy atom. The van der Waals surface area contributed by atoms with E-state index in [0.29, 0.717) is 0 Å². The van der Waals surface area contributed by atoms with Gasteiger partial charge in [0.2, 0.25) is 0 Å². The number of rotatable bonds is 3. The molecule has 0 unspecified atom stereocenters. The lowest BCUT2D eigenvalue weighted by Crippen LogP contribution is -2.15. The van der Waals surface area contributed by atoms with Crippen LogP contribution in [-0.2, 0) is 4.57 Å². The van der Waals surface area contributed by atoms with E-state index >= 15 is 0 Å². The molecular weight excluding hydrogens is 204 g/mol. The van der Waals surface area contributed by atoms with Crippen LogP contribution in [0.3, 0.4) is 0 Å². The highest BCUT2D eigenvalue weighted by atomic mass is 35.5. The lowest BCUT2D eigenvalue weighted by molar-refractivity contribution is 0.547. The molecule has 0 N–H and O–H groups in total. The van der Waals surface area contributed by atoms with Crippen molar-refractivity contribution >= 4 is 30.8 Å². The van der Waals surface area contributed by atoms with Gasteiger partial charge in [0.1, 0.15) is 0 Å². The molecule has 5 heteroatoms. The van der Waals surface area contributed by atoms with Gasteiger partial charge in [-0.3, -0.25) is 0 Å². The summed E-state index contributed by atoms with van der Waals surface area (Å²) in [6.45, 7) is 7.44. The normalized spacial score (nSPS) is 13.5. The lowest BCUT2D eigenvalue weighted by Gasteiger charge is -2.27. The van der Waals surface area contributed by atoms with E-state index in [-0.39, 0.29) is 11.3 Å². The maximum atomic E-state index is 12.0. The maximum Gasteiger partial charge on any atom is 0.183 e. The second-order valence-electron chi connectivity index (χ2n) is 3.08. The first kappa shape index (κ1) is 11.8. The van der Waals surface area contributed by atoms with E-state index < -0.39 is 7.29 Å². The Labute approximate surface area is 78.5 Å². The molecule has 0 radical (unpaired) electrons. The highest BCUT2D eigenvalue weighted by molar-refractivity contribution is 7.65. The van der Waals surface area contributed by atoms with Crippen LogP contribution < -0.4 is 0 Å². The second-order valence-corrected chi connectivity index (χ2v) is 8.21. The van der Waals surface area contributed by atoms with Crippen molar-refractivity contribution in [2.24, 2.45) is 0 Å². The van der Waals surface area contributed by atoms with Gasteiger partial charge in [0, 0.05) is 34.9 Å². The Morgan fingerprint density at radius 3 is 1.36 bits per heavy atom. The average molecular weight is 218 g/mol. The van der Waals surface area contributed by atoms with E-state index in [4.69, 9.17) is 23.6 Å². The molecule has 0 spiro atoms. The van der Waals surface area contributed by atoms with Crippen LogP contribution in [0.2, 0.25) is 0 Å². The SMILES string of the molecule is CC(C)P(=O)(C(C)C)N(Cl)Cl. The van der Waals surface area contributed by atoms with Gasteiger partial charge in [-0.1, -0.05) is 31.4 Å². The average Bonchev–Trinajstić information content (AvgIpc) is 1.84. The second kappa shape index (κ2) is 4.13. The zero-order chi connectivity index (χ0) is 9.23. The fraction of sp³-hybridized carbons (Fsp3) is 1.00. The van der Waals surface area contributed by atoms with Crippen molar-refractivity contribution in [3.63, 3.8) is 0 Å². The van der Waals surface area contributed by atoms with E-state index in [2.05, 4.69) is 0 Å². The lowest BCUT2D eigenvalue weighted by atomic mass is 10.5. The maximum absolute atomic E-state index is 12.0. The van der Waals surface area contributed by atoms with Gasteiger partial charge in [-0.2, -0.15) is 0 Å². The highest BCUT2D eigenvalue weighted by Gasteiger charge is 2.35. The van der Waals surface area contributed by atoms with E-state index in [1.807, 2.05) is 27.7 Å². The van der Waals surface area contributed by atoms with E-state index in [1.165, 1.54) is 0 Å². The minimum absolute atomic E-state index is 0.00231. The number of nitrogens with zero attached hydrogens (tertiary/aromatic N) is 1. The van der Waals surface area contributed by atoms with Gasteiger partial charge < -0.3 is 4.57 Å². The molecule has 0 heterocycles. The first-order chi connectivity index (χ1) is 4.83. The van der Waals surface area contributed by atoms with Gasteiger partial charge in [0.25, 0.3) is 0 Å². The first-order valence-corrected chi connectivity index (χ1v) is 6.02. The monoisotopic (exact) mass is 217 g/mol. The molecule has 0 aromatic rings. The molecule has 0 bridgehead atoms. The zero-order valence-electron chi connectivity index (χ0n) is 7.21. The van der Waals surface area contributed by atoms with Gasteiger partial charge >= 0.3 is 0 Å². The van der Waals surface area contributed by atoms with E-state index in [1.54, 1.807) is 0 Å². The molecule has 0 aliphatic heterocycles. The molecule has 0 aromatic carbocycles. The molecule has 0 aliphatic rings. The summed E-state index contributed by atoms with van der Waals surface area (Å²) in [6, 6.07) is 0. The summed E-state index contributed by atoms with van der Waals surface area (Å²) in [5.41, 5.74) is -0.00463. The van der Waals surface area contributed by atoms with Gasteiger partial charge in [-0.05, 0) is 0 Å². The van der Waals surface area contributed by atoms with Crippen LogP contribution in [0.15, 0.2) is 0 Å². The Hall–Kier alpha value is 0.770. The molecule has 0 amide bonds. The zero-order valence-corrected chi connectivity index (χ0v) is 9.62. The van der Waals surface area contributed by atoms with Gasteiger partial charge in [0.15, 0.2) is 7.29 Å². The third kappa shape index (κ3) is 2.35. The summed E-state index contributed by atoms with van der Waals surface area (Å²) >= 11 is 11.0. The minimum Gasteiger partial charge on any atom is -0.304 e. The van der Waals surface area contributed by atoms with Crippen molar-refractivity contribution in [2.45, 2.75) is 39.0 Å². The predicted octanol–water partition coefficient (Wildman–Crippen LogP) is 3.69. The Bertz CT molecular complexity index is 141. The summed E-state index contributed by atoms with van der Waals surface area (Å²) < 4.78 is 12.8. The van der Waals surface area contributed by atoms with E-state index in [0.717, 1.165) is 3.71 Å². The van der Waals surface area contributed by atoms with Crippen molar-refractivity contribution in [2.75, 3.05) is 0 Å². The van der Waals surface area contributed by atoms with Crippen LogP contribution in [-0.4, -0.2) is 15.0 Å². The number of halogens is 2. The van der Waals surface area contributed by atoms with Crippen LogP contribution in [0, 0.1) is 0 Å². The van der Waals surface area contributed by atoms with Crippen molar-refractivity contribution in [1.82, 2.24) is 3.71 Å². The molecule has 0 aromatic heterocycles. The molecular formula is C6H14Cl2NOP. The minimum atomic E-state index is -2.57. The van der Waals surface area contributed by atoms with Crippen LogP contribution >= 0.6 is 30.8 Å². The molecule has 0 rings (SSSR count). The van der Waals surface area contributed by atoms with E-state index in [9.17, 15) is 4.57 Å². The summed E-state index contributed by atoms with van der Waals surface area (Å²) in [5, 5.41) is 0. The Kier molecular flexibility index (Phi) is 4.42. The van der Waals surface area contributed by atoms with Gasteiger partial charge in [-0.25, -0.2) is 0 Å². The smallest absolute Gasteiger partial charge is 0.183 e. The fourth-order valence-corrected chi connectivity index (χ4v) is 4.93. The Balaban J connectivity index is 4.69. The van der Waals surface area contributed by atoms with Crippen LogP contribution in [0.1, 0.15) is 27.7 Å². The summed E-state index contributed by atoms with van der Waals surface area (Å²) in [5.74, 6) is 0. The molecule has 11 heavy (non-hydrogen) atoms. The topological polar surface area (TPSA) is 20.3 Å². The molecule has 0 aliphatic carbocycles. The van der Waals surface area contributed by atoms with Gasteiger partial charge in [-0.15, -0.1) is 0 Å². The molecule has 68 valence electrons. The van der Waals surface area contributed by atoms with Crippen molar-refractivity contribution in [3.05, 3.63) is 0 Å². The summed E-state index contributed by atoms with van der Waals surface area (Å²) in [6.07, 6.45) is 0. The molecule has 0 fully saturated rings. The largest absolute Gasteiger partial charge is 0.304 e. The van der Waals surface area contributed by atoms with Crippen molar-refractivity contribution < 1.29 is 4.57 Å². The van der Waals surface area contributed by atoms with Crippen molar-refractivity contribution in [3.8, 4) is 0 Å². The standard InChI is InChI=1S/C6H14Cl2NOP/c1-5(2)11(10,6(3)4)9(7)8/h5-6H,1-4H3. The molecule has 2 nitrogen and oxygen atoms in total. The summed E-state index contributed by atoms with van der Waals surface area (Å²) in [4.78, 5) is 0. The third-order valence-corrected chi connectivity index (χ3v) is 6.57. The fourth-order valence-electron chi connectivity index (χ4n) is 0.945. The van der Waals surface area contributed by atoms with Crippen LogP contribution in [0.25, 0.3) is 0 Å². The quantitative estimate of drug-likeness (QED) is 0.531. The summed E-state index contributed by atoms with van der Waals surface area (Å²) in [7, 11) is -2.57. The number of hydrogen-bond acceptors (Lipinski definition) is 1. The van der Waals surface area contributed by atoms with Crippen LogP contribution in [0.5, 0.6) is 0 Å². The Morgan fingerprint density at radius 2 is 1.36 bits per heavy atom. The van der Waals surface area contributed by atoms with Crippen LogP contribution in [0.4, 0.5) is 0 Å². The molecule has 0 saturated carbocycles. The highest BCUT2D eigenvalue weighted by Crippen LogP contribution is 2.60. The molecule has 0 atom stereocenters. The third-order valence-electron chi connectivity index (χ3n) is 1.72. The van der Waals surface area contributed by atoms with Crippen molar-refractivity contribution in [1.29, 1.82) is 0 Å². The number of hydrogen-bond donors (Lipinski definition) is 0. The first-order valence-electron chi connectivity index (χ1n) is 3.55. The predicted molar refractivity (Wildman–Crippen MR) is 51.4 cm³/mol.